The van der Waals surface area contributed by atoms with E-state index in [4.69, 9.17) is 0 Å². The third-order valence-electron chi connectivity index (χ3n) is 5.72. The van der Waals surface area contributed by atoms with Crippen molar-refractivity contribution in [2.75, 3.05) is 24.5 Å². The zero-order valence-corrected chi connectivity index (χ0v) is 16.3. The molecular weight excluding hydrogens is 362 g/mol. The number of aromatic amines is 1. The van der Waals surface area contributed by atoms with Crippen LogP contribution in [0.15, 0.2) is 60.8 Å². The Balaban J connectivity index is 1.11. The molecule has 29 heavy (non-hydrogen) atoms. The second kappa shape index (κ2) is 8.05. The van der Waals surface area contributed by atoms with Crippen LogP contribution in [0.25, 0.3) is 22.3 Å². The molecule has 5 rings (SSSR count). The molecule has 2 aromatic carbocycles. The van der Waals surface area contributed by atoms with Crippen LogP contribution >= 0.6 is 0 Å². The van der Waals surface area contributed by atoms with E-state index in [0.717, 1.165) is 55.7 Å². The first-order valence-corrected chi connectivity index (χ1v) is 10.2. The Kier molecular flexibility index (Phi) is 4.96. The molecule has 2 N–H and O–H groups in total. The molecular formula is C22H25N7. The number of nitrogens with zero attached hydrogens (tertiary/aromatic N) is 5. The van der Waals surface area contributed by atoms with Crippen molar-refractivity contribution in [1.82, 2.24) is 30.5 Å². The average Bonchev–Trinajstić information content (AvgIpc) is 3.45. The second-order valence-corrected chi connectivity index (χ2v) is 7.53. The normalized spacial score (nSPS) is 15.2. The van der Waals surface area contributed by atoms with E-state index in [9.17, 15) is 0 Å². The minimum Gasteiger partial charge on any atom is -0.371 e. The number of nitrogens with one attached hydrogen (secondary N) is 2. The molecule has 4 aromatic rings. The van der Waals surface area contributed by atoms with Crippen LogP contribution in [0.2, 0.25) is 0 Å². The van der Waals surface area contributed by atoms with Crippen LogP contribution in [-0.4, -0.2) is 50.9 Å². The molecule has 0 radical (unpaired) electrons. The lowest BCUT2D eigenvalue weighted by Gasteiger charge is -2.34. The standard InChI is InChI=1S/C22H25N7/c1-2-4-22-21(3-1)26-27-29(22)16-13-23-18-10-14-28(15-11-18)19-7-5-17(6-8-19)20-9-12-24-25-20/h1-9,12,18,23H,10-11,13-16H2,(H,24,25). The monoisotopic (exact) mass is 387 g/mol. The van der Waals surface area contributed by atoms with Crippen molar-refractivity contribution in [2.45, 2.75) is 25.4 Å². The Hall–Kier alpha value is -3.19. The van der Waals surface area contributed by atoms with Crippen molar-refractivity contribution >= 4 is 16.7 Å². The maximum Gasteiger partial charge on any atom is 0.113 e. The van der Waals surface area contributed by atoms with Gasteiger partial charge in [0.15, 0.2) is 0 Å². The van der Waals surface area contributed by atoms with Crippen LogP contribution in [0.3, 0.4) is 0 Å². The van der Waals surface area contributed by atoms with Crippen LogP contribution in [0.5, 0.6) is 0 Å². The smallest absolute Gasteiger partial charge is 0.113 e. The van der Waals surface area contributed by atoms with Crippen molar-refractivity contribution in [3.05, 3.63) is 60.8 Å². The maximum atomic E-state index is 4.27. The van der Waals surface area contributed by atoms with Gasteiger partial charge in [-0.1, -0.05) is 29.5 Å². The molecule has 1 aliphatic heterocycles. The Morgan fingerprint density at radius 2 is 1.83 bits per heavy atom. The summed E-state index contributed by atoms with van der Waals surface area (Å²) in [6.07, 6.45) is 4.09. The predicted molar refractivity (Wildman–Crippen MR) is 115 cm³/mol. The lowest BCUT2D eigenvalue weighted by atomic mass is 10.0. The van der Waals surface area contributed by atoms with E-state index in [1.165, 1.54) is 11.3 Å². The number of anilines is 1. The molecule has 7 nitrogen and oxygen atoms in total. The van der Waals surface area contributed by atoms with Crippen molar-refractivity contribution in [3.63, 3.8) is 0 Å². The molecule has 0 bridgehead atoms. The fourth-order valence-electron chi connectivity index (χ4n) is 4.07. The molecule has 1 saturated heterocycles. The first-order chi connectivity index (χ1) is 14.4. The Bertz CT molecular complexity index is 1040. The highest BCUT2D eigenvalue weighted by molar-refractivity contribution is 5.73. The van der Waals surface area contributed by atoms with Crippen LogP contribution < -0.4 is 10.2 Å². The van der Waals surface area contributed by atoms with Gasteiger partial charge in [0.25, 0.3) is 0 Å². The largest absolute Gasteiger partial charge is 0.371 e. The van der Waals surface area contributed by atoms with Crippen molar-refractivity contribution in [3.8, 4) is 11.3 Å². The quantitative estimate of drug-likeness (QED) is 0.532. The fourth-order valence-corrected chi connectivity index (χ4v) is 4.07. The Morgan fingerprint density at radius 3 is 2.62 bits per heavy atom. The molecule has 3 heterocycles. The topological polar surface area (TPSA) is 74.7 Å². The van der Waals surface area contributed by atoms with Gasteiger partial charge >= 0.3 is 0 Å². The van der Waals surface area contributed by atoms with Gasteiger partial charge in [0, 0.05) is 37.6 Å². The molecule has 7 heteroatoms. The van der Waals surface area contributed by atoms with E-state index in [-0.39, 0.29) is 0 Å². The average molecular weight is 387 g/mol. The maximum absolute atomic E-state index is 4.27. The van der Waals surface area contributed by atoms with Crippen molar-refractivity contribution in [1.29, 1.82) is 0 Å². The molecule has 0 saturated carbocycles. The zero-order valence-electron chi connectivity index (χ0n) is 16.3. The van der Waals surface area contributed by atoms with Crippen LogP contribution in [0.1, 0.15) is 12.8 Å². The summed E-state index contributed by atoms with van der Waals surface area (Å²) in [7, 11) is 0. The molecule has 0 unspecified atom stereocenters. The Morgan fingerprint density at radius 1 is 1.00 bits per heavy atom. The third kappa shape index (κ3) is 3.86. The number of piperidine rings is 1. The van der Waals surface area contributed by atoms with Gasteiger partial charge in [0.05, 0.1) is 17.8 Å². The van der Waals surface area contributed by atoms with E-state index in [1.807, 2.05) is 28.9 Å². The molecule has 1 aliphatic rings. The fraction of sp³-hybridized carbons (Fsp3) is 0.318. The summed E-state index contributed by atoms with van der Waals surface area (Å²) in [5, 5.41) is 19.2. The summed E-state index contributed by atoms with van der Waals surface area (Å²) in [4.78, 5) is 2.47. The predicted octanol–water partition coefficient (Wildman–Crippen LogP) is 3.08. The van der Waals surface area contributed by atoms with E-state index in [2.05, 4.69) is 61.1 Å². The van der Waals surface area contributed by atoms with Gasteiger partial charge in [0.1, 0.15) is 5.52 Å². The first-order valence-electron chi connectivity index (χ1n) is 10.2. The zero-order chi connectivity index (χ0) is 19.5. The van der Waals surface area contributed by atoms with Crippen LogP contribution in [-0.2, 0) is 6.54 Å². The van der Waals surface area contributed by atoms with Crippen LogP contribution in [0.4, 0.5) is 5.69 Å². The number of para-hydroxylation sites is 1. The second-order valence-electron chi connectivity index (χ2n) is 7.53. The summed E-state index contributed by atoms with van der Waals surface area (Å²) in [5.41, 5.74) is 5.57. The molecule has 1 fully saturated rings. The number of fused-ring (bicyclic) bond motifs is 1. The number of rotatable bonds is 6. The van der Waals surface area contributed by atoms with E-state index in [1.54, 1.807) is 6.20 Å². The highest BCUT2D eigenvalue weighted by Gasteiger charge is 2.19. The summed E-state index contributed by atoms with van der Waals surface area (Å²) in [6, 6.07) is 19.4. The minimum absolute atomic E-state index is 0.560. The van der Waals surface area contributed by atoms with E-state index >= 15 is 0 Å². The highest BCUT2D eigenvalue weighted by Crippen LogP contribution is 2.24. The van der Waals surface area contributed by atoms with Crippen LogP contribution in [0, 0.1) is 0 Å². The van der Waals surface area contributed by atoms with E-state index < -0.39 is 0 Å². The molecule has 0 amide bonds. The van der Waals surface area contributed by atoms with Gasteiger partial charge in [-0.2, -0.15) is 5.10 Å². The van der Waals surface area contributed by atoms with Gasteiger partial charge in [0.2, 0.25) is 0 Å². The van der Waals surface area contributed by atoms with Gasteiger partial charge in [-0.25, -0.2) is 4.68 Å². The highest BCUT2D eigenvalue weighted by atomic mass is 15.4. The molecule has 0 aliphatic carbocycles. The molecule has 0 atom stereocenters. The van der Waals surface area contributed by atoms with Crippen molar-refractivity contribution < 1.29 is 0 Å². The number of hydrogen-bond acceptors (Lipinski definition) is 5. The van der Waals surface area contributed by atoms with Crippen molar-refractivity contribution in [2.24, 2.45) is 0 Å². The number of H-pyrrole nitrogens is 1. The SMILES string of the molecule is c1ccc2c(c1)nnn2CCNC1CCN(c2ccc(-c3ccn[nH]3)cc2)CC1. The van der Waals surface area contributed by atoms with Gasteiger partial charge in [-0.3, -0.25) is 5.10 Å². The molecule has 2 aromatic heterocycles. The number of hydrogen-bond donors (Lipinski definition) is 2. The van der Waals surface area contributed by atoms with Gasteiger partial charge in [-0.05, 0) is 48.7 Å². The molecule has 148 valence electrons. The number of aromatic nitrogens is 5. The van der Waals surface area contributed by atoms with Gasteiger partial charge in [-0.15, -0.1) is 5.10 Å². The van der Waals surface area contributed by atoms with Gasteiger partial charge < -0.3 is 10.2 Å². The lowest BCUT2D eigenvalue weighted by molar-refractivity contribution is 0.401. The minimum atomic E-state index is 0.560. The summed E-state index contributed by atoms with van der Waals surface area (Å²) in [5.74, 6) is 0. The molecule has 0 spiro atoms. The summed E-state index contributed by atoms with van der Waals surface area (Å²) < 4.78 is 1.98. The summed E-state index contributed by atoms with van der Waals surface area (Å²) in [6.45, 7) is 3.91. The number of benzene rings is 2. The summed E-state index contributed by atoms with van der Waals surface area (Å²) >= 11 is 0. The Labute approximate surface area is 169 Å². The lowest BCUT2D eigenvalue weighted by Crippen LogP contribution is -2.43. The van der Waals surface area contributed by atoms with E-state index in [0.29, 0.717) is 6.04 Å². The third-order valence-corrected chi connectivity index (χ3v) is 5.72. The first kappa shape index (κ1) is 17.9.